The Kier molecular flexibility index (Phi) is 4.79. The molecule has 0 spiro atoms. The summed E-state index contributed by atoms with van der Waals surface area (Å²) in [6, 6.07) is 7.69. The Morgan fingerprint density at radius 2 is 2.14 bits per heavy atom. The van der Waals surface area contributed by atoms with Crippen molar-refractivity contribution in [3.8, 4) is 0 Å². The fraction of sp³-hybridized carbons (Fsp3) is 0.455. The average Bonchev–Trinajstić information content (AvgIpc) is 2.14. The van der Waals surface area contributed by atoms with E-state index in [1.54, 1.807) is 11.8 Å². The summed E-state index contributed by atoms with van der Waals surface area (Å²) in [6.45, 7) is 4.03. The quantitative estimate of drug-likeness (QED) is 0.800. The van der Waals surface area contributed by atoms with Gasteiger partial charge in [0.25, 0.3) is 0 Å². The summed E-state index contributed by atoms with van der Waals surface area (Å²) in [7, 11) is 0. The number of aliphatic hydroxyl groups is 1. The van der Waals surface area contributed by atoms with Crippen LogP contribution in [0.5, 0.6) is 0 Å². The van der Waals surface area contributed by atoms with E-state index in [4.69, 9.17) is 11.6 Å². The van der Waals surface area contributed by atoms with Gasteiger partial charge in [-0.1, -0.05) is 31.5 Å². The second kappa shape index (κ2) is 5.64. The van der Waals surface area contributed by atoms with Gasteiger partial charge in [-0.3, -0.25) is 0 Å². The minimum Gasteiger partial charge on any atom is -0.392 e. The molecule has 0 heterocycles. The zero-order chi connectivity index (χ0) is 10.6. The second-order valence-electron chi connectivity index (χ2n) is 3.58. The highest BCUT2D eigenvalue weighted by Gasteiger charge is 2.09. The predicted molar refractivity (Wildman–Crippen MR) is 63.0 cm³/mol. The molecule has 0 amide bonds. The molecule has 1 unspecified atom stereocenters. The maximum absolute atomic E-state index is 9.60. The first kappa shape index (κ1) is 11.9. The topological polar surface area (TPSA) is 20.2 Å². The van der Waals surface area contributed by atoms with E-state index in [-0.39, 0.29) is 6.10 Å². The van der Waals surface area contributed by atoms with Crippen LogP contribution in [0.4, 0.5) is 0 Å². The van der Waals surface area contributed by atoms with E-state index in [0.717, 1.165) is 15.7 Å². The number of halogens is 1. The van der Waals surface area contributed by atoms with Crippen LogP contribution >= 0.6 is 23.4 Å². The van der Waals surface area contributed by atoms with Gasteiger partial charge in [-0.2, -0.15) is 0 Å². The molecule has 1 nitrogen and oxygen atoms in total. The molecule has 0 bridgehead atoms. The lowest BCUT2D eigenvalue weighted by atomic mass is 10.1. The van der Waals surface area contributed by atoms with Crippen LogP contribution in [0, 0.1) is 5.92 Å². The summed E-state index contributed by atoms with van der Waals surface area (Å²) in [4.78, 5) is 1.11. The van der Waals surface area contributed by atoms with Crippen LogP contribution in [0.1, 0.15) is 13.8 Å². The van der Waals surface area contributed by atoms with E-state index in [1.807, 2.05) is 38.1 Å². The van der Waals surface area contributed by atoms with E-state index < -0.39 is 0 Å². The molecule has 14 heavy (non-hydrogen) atoms. The minimum atomic E-state index is -0.251. The molecule has 0 aliphatic carbocycles. The lowest BCUT2D eigenvalue weighted by Crippen LogP contribution is -2.17. The standard InChI is InChI=1S/C11H15ClOS/c1-8(2)11(13)7-14-10-5-3-4-9(12)6-10/h3-6,8,11,13H,7H2,1-2H3. The molecule has 1 rings (SSSR count). The molecular formula is C11H15ClOS. The van der Waals surface area contributed by atoms with Crippen LogP contribution < -0.4 is 0 Å². The van der Waals surface area contributed by atoms with Crippen molar-refractivity contribution in [2.75, 3.05) is 5.75 Å². The zero-order valence-electron chi connectivity index (χ0n) is 8.40. The number of hydrogen-bond acceptors (Lipinski definition) is 2. The third kappa shape index (κ3) is 3.91. The highest BCUT2D eigenvalue weighted by Crippen LogP contribution is 2.23. The Morgan fingerprint density at radius 3 is 2.71 bits per heavy atom. The van der Waals surface area contributed by atoms with Crippen molar-refractivity contribution in [2.45, 2.75) is 24.8 Å². The molecule has 0 aliphatic rings. The lowest BCUT2D eigenvalue weighted by molar-refractivity contribution is 0.149. The van der Waals surface area contributed by atoms with Gasteiger partial charge in [0.15, 0.2) is 0 Å². The fourth-order valence-electron chi connectivity index (χ4n) is 0.931. The van der Waals surface area contributed by atoms with Gasteiger partial charge >= 0.3 is 0 Å². The van der Waals surface area contributed by atoms with Gasteiger partial charge in [0.2, 0.25) is 0 Å². The van der Waals surface area contributed by atoms with Crippen molar-refractivity contribution in [1.29, 1.82) is 0 Å². The molecule has 0 saturated heterocycles. The van der Waals surface area contributed by atoms with Crippen LogP contribution in [-0.2, 0) is 0 Å². The van der Waals surface area contributed by atoms with E-state index in [0.29, 0.717) is 5.92 Å². The molecule has 0 radical (unpaired) electrons. The van der Waals surface area contributed by atoms with Crippen molar-refractivity contribution >= 4 is 23.4 Å². The smallest absolute Gasteiger partial charge is 0.0656 e. The van der Waals surface area contributed by atoms with E-state index in [2.05, 4.69) is 0 Å². The fourth-order valence-corrected chi connectivity index (χ4v) is 2.32. The lowest BCUT2D eigenvalue weighted by Gasteiger charge is -2.13. The molecule has 0 saturated carbocycles. The Hall–Kier alpha value is -0.180. The monoisotopic (exact) mass is 230 g/mol. The highest BCUT2D eigenvalue weighted by molar-refractivity contribution is 7.99. The van der Waals surface area contributed by atoms with Crippen LogP contribution in [-0.4, -0.2) is 17.0 Å². The summed E-state index contributed by atoms with van der Waals surface area (Å²) < 4.78 is 0. The largest absolute Gasteiger partial charge is 0.392 e. The van der Waals surface area contributed by atoms with E-state index >= 15 is 0 Å². The van der Waals surface area contributed by atoms with Crippen LogP contribution in [0.3, 0.4) is 0 Å². The van der Waals surface area contributed by atoms with Gasteiger partial charge in [0.1, 0.15) is 0 Å². The Balaban J connectivity index is 2.45. The summed E-state index contributed by atoms with van der Waals surface area (Å²) in [5, 5.41) is 10.3. The maximum atomic E-state index is 9.60. The molecule has 1 atom stereocenters. The number of aliphatic hydroxyl groups excluding tert-OH is 1. The summed E-state index contributed by atoms with van der Waals surface area (Å²) in [5.41, 5.74) is 0. The third-order valence-electron chi connectivity index (χ3n) is 1.99. The molecule has 0 aromatic heterocycles. The van der Waals surface area contributed by atoms with E-state index in [9.17, 15) is 5.11 Å². The molecule has 1 N–H and O–H groups in total. The van der Waals surface area contributed by atoms with E-state index in [1.165, 1.54) is 0 Å². The summed E-state index contributed by atoms with van der Waals surface area (Å²) >= 11 is 7.48. The molecule has 1 aromatic carbocycles. The number of hydrogen-bond donors (Lipinski definition) is 1. The predicted octanol–water partition coefficient (Wildman–Crippen LogP) is 3.45. The first-order valence-corrected chi connectivity index (χ1v) is 6.02. The third-order valence-corrected chi connectivity index (χ3v) is 3.32. The Morgan fingerprint density at radius 1 is 1.43 bits per heavy atom. The van der Waals surface area contributed by atoms with Crippen molar-refractivity contribution in [3.05, 3.63) is 29.3 Å². The van der Waals surface area contributed by atoms with Gasteiger partial charge in [-0.05, 0) is 24.1 Å². The molecule has 0 fully saturated rings. The van der Waals surface area contributed by atoms with Gasteiger partial charge in [0.05, 0.1) is 6.10 Å². The first-order chi connectivity index (χ1) is 6.59. The minimum absolute atomic E-state index is 0.251. The maximum Gasteiger partial charge on any atom is 0.0656 e. The van der Waals surface area contributed by atoms with Crippen LogP contribution in [0.25, 0.3) is 0 Å². The van der Waals surface area contributed by atoms with Crippen molar-refractivity contribution in [1.82, 2.24) is 0 Å². The Labute approximate surface area is 94.5 Å². The number of rotatable bonds is 4. The van der Waals surface area contributed by atoms with Crippen molar-refractivity contribution in [2.24, 2.45) is 5.92 Å². The second-order valence-corrected chi connectivity index (χ2v) is 5.11. The summed E-state index contributed by atoms with van der Waals surface area (Å²) in [6.07, 6.45) is -0.251. The van der Waals surface area contributed by atoms with Crippen LogP contribution in [0.2, 0.25) is 5.02 Å². The normalized spacial score (nSPS) is 13.2. The SMILES string of the molecule is CC(C)C(O)CSc1cccc(Cl)c1. The van der Waals surface area contributed by atoms with Crippen LogP contribution in [0.15, 0.2) is 29.2 Å². The first-order valence-electron chi connectivity index (χ1n) is 4.66. The number of benzene rings is 1. The molecule has 3 heteroatoms. The Bertz CT molecular complexity index is 288. The van der Waals surface area contributed by atoms with Crippen molar-refractivity contribution < 1.29 is 5.11 Å². The average molecular weight is 231 g/mol. The molecular weight excluding hydrogens is 216 g/mol. The highest BCUT2D eigenvalue weighted by atomic mass is 35.5. The van der Waals surface area contributed by atoms with Gasteiger partial charge < -0.3 is 5.11 Å². The van der Waals surface area contributed by atoms with Gasteiger partial charge in [-0.25, -0.2) is 0 Å². The summed E-state index contributed by atoms with van der Waals surface area (Å²) in [5.74, 6) is 1.03. The number of thioether (sulfide) groups is 1. The van der Waals surface area contributed by atoms with Gasteiger partial charge in [0, 0.05) is 15.7 Å². The van der Waals surface area contributed by atoms with Gasteiger partial charge in [-0.15, -0.1) is 11.8 Å². The molecule has 1 aromatic rings. The van der Waals surface area contributed by atoms with Crippen molar-refractivity contribution in [3.63, 3.8) is 0 Å². The zero-order valence-corrected chi connectivity index (χ0v) is 9.98. The molecule has 78 valence electrons. The molecule has 0 aliphatic heterocycles.